The molecule has 6 nitrogen and oxygen atoms in total. The van der Waals surface area contributed by atoms with Crippen LogP contribution in [0.4, 0.5) is 11.4 Å². The number of carbonyl (C=O) groups excluding carboxylic acids is 2. The highest BCUT2D eigenvalue weighted by Crippen LogP contribution is 2.19. The van der Waals surface area contributed by atoms with Crippen molar-refractivity contribution in [2.45, 2.75) is 39.5 Å². The van der Waals surface area contributed by atoms with Crippen molar-refractivity contribution in [1.82, 2.24) is 4.90 Å². The lowest BCUT2D eigenvalue weighted by Crippen LogP contribution is -2.37. The highest BCUT2D eigenvalue weighted by molar-refractivity contribution is 5.94. The molecule has 2 amide bonds. The second-order valence-electron chi connectivity index (χ2n) is 6.56. The van der Waals surface area contributed by atoms with Gasteiger partial charge in [-0.3, -0.25) is 9.59 Å². The first kappa shape index (κ1) is 20.2. The smallest absolute Gasteiger partial charge is 0.243 e. The van der Waals surface area contributed by atoms with E-state index in [2.05, 4.69) is 17.1 Å². The van der Waals surface area contributed by atoms with E-state index in [4.69, 9.17) is 4.74 Å². The number of unbranched alkanes of at least 4 members (excludes halogenated alkanes) is 2. The summed E-state index contributed by atoms with van der Waals surface area (Å²) in [7, 11) is 0. The first-order chi connectivity index (χ1) is 12.6. The van der Waals surface area contributed by atoms with Gasteiger partial charge >= 0.3 is 0 Å². The molecule has 6 heteroatoms. The number of hydrogen-bond acceptors (Lipinski definition) is 4. The molecule has 2 rings (SSSR count). The van der Waals surface area contributed by atoms with Gasteiger partial charge in [0.25, 0.3) is 0 Å². The maximum atomic E-state index is 12.3. The summed E-state index contributed by atoms with van der Waals surface area (Å²) in [5, 5.41) is 2.88. The van der Waals surface area contributed by atoms with Gasteiger partial charge < -0.3 is 19.9 Å². The van der Waals surface area contributed by atoms with Gasteiger partial charge in [-0.05, 0) is 37.6 Å². The fraction of sp³-hybridized carbons (Fsp3) is 0.600. The van der Waals surface area contributed by atoms with Crippen LogP contribution in [-0.2, 0) is 14.3 Å². The summed E-state index contributed by atoms with van der Waals surface area (Å²) in [6, 6.07) is 7.83. The summed E-state index contributed by atoms with van der Waals surface area (Å²) in [6.07, 6.45) is 3.53. The van der Waals surface area contributed by atoms with Crippen molar-refractivity contribution in [3.05, 3.63) is 24.3 Å². The van der Waals surface area contributed by atoms with Crippen LogP contribution in [0.2, 0.25) is 0 Å². The minimum Gasteiger partial charge on any atom is -0.378 e. The van der Waals surface area contributed by atoms with E-state index in [1.54, 1.807) is 4.90 Å². The first-order valence-electron chi connectivity index (χ1n) is 9.64. The number of hydrogen-bond donors (Lipinski definition) is 1. The number of benzene rings is 1. The predicted octanol–water partition coefficient (Wildman–Crippen LogP) is 2.89. The van der Waals surface area contributed by atoms with E-state index in [9.17, 15) is 9.59 Å². The van der Waals surface area contributed by atoms with Gasteiger partial charge in [-0.1, -0.05) is 19.8 Å². The Kier molecular flexibility index (Phi) is 8.41. The molecule has 0 spiro atoms. The van der Waals surface area contributed by atoms with E-state index in [1.807, 2.05) is 31.2 Å². The van der Waals surface area contributed by atoms with Crippen LogP contribution in [0, 0.1) is 0 Å². The van der Waals surface area contributed by atoms with Gasteiger partial charge in [0.2, 0.25) is 11.8 Å². The molecule has 144 valence electrons. The second-order valence-corrected chi connectivity index (χ2v) is 6.56. The first-order valence-corrected chi connectivity index (χ1v) is 9.64. The Morgan fingerprint density at radius 2 is 1.81 bits per heavy atom. The number of likely N-dealkylation sites (N-methyl/N-ethyl adjacent to an activating group) is 1. The van der Waals surface area contributed by atoms with Crippen LogP contribution in [0.15, 0.2) is 24.3 Å². The Morgan fingerprint density at radius 3 is 2.42 bits per heavy atom. The zero-order valence-electron chi connectivity index (χ0n) is 16.0. The predicted molar refractivity (Wildman–Crippen MR) is 104 cm³/mol. The molecule has 1 N–H and O–H groups in total. The lowest BCUT2D eigenvalue weighted by molar-refractivity contribution is -0.134. The molecular weight excluding hydrogens is 330 g/mol. The summed E-state index contributed by atoms with van der Waals surface area (Å²) in [6.45, 7) is 7.94. The third kappa shape index (κ3) is 6.33. The van der Waals surface area contributed by atoms with Gasteiger partial charge in [-0.15, -0.1) is 0 Å². The van der Waals surface area contributed by atoms with Crippen molar-refractivity contribution >= 4 is 23.2 Å². The molecule has 0 aliphatic carbocycles. The Hall–Kier alpha value is -2.08. The standard InChI is InChI=1S/C20H31N3O3/c1-3-5-6-7-20(25)22(4-2)16-19(24)21-17-8-10-18(11-9-17)23-12-14-26-15-13-23/h8-11H,3-7,12-16H2,1-2H3,(H,21,24). The molecule has 0 atom stereocenters. The summed E-state index contributed by atoms with van der Waals surface area (Å²) in [5.74, 6) is -0.103. The van der Waals surface area contributed by atoms with E-state index in [0.29, 0.717) is 13.0 Å². The van der Waals surface area contributed by atoms with Crippen LogP contribution >= 0.6 is 0 Å². The molecule has 0 saturated carbocycles. The van der Waals surface area contributed by atoms with Crippen molar-refractivity contribution in [3.8, 4) is 0 Å². The highest BCUT2D eigenvalue weighted by Gasteiger charge is 2.15. The average molecular weight is 361 g/mol. The van der Waals surface area contributed by atoms with Gasteiger partial charge in [-0.25, -0.2) is 0 Å². The normalized spacial score (nSPS) is 14.2. The zero-order chi connectivity index (χ0) is 18.8. The number of amides is 2. The van der Waals surface area contributed by atoms with E-state index in [-0.39, 0.29) is 18.4 Å². The number of nitrogens with zero attached hydrogens (tertiary/aromatic N) is 2. The number of anilines is 2. The number of ether oxygens (including phenoxy) is 1. The molecule has 1 aliphatic rings. The fourth-order valence-electron chi connectivity index (χ4n) is 3.01. The molecular formula is C20H31N3O3. The van der Waals surface area contributed by atoms with Crippen molar-refractivity contribution in [3.63, 3.8) is 0 Å². The van der Waals surface area contributed by atoms with E-state index in [1.165, 1.54) is 0 Å². The third-order valence-electron chi connectivity index (χ3n) is 4.59. The van der Waals surface area contributed by atoms with Gasteiger partial charge in [0.05, 0.1) is 19.8 Å². The third-order valence-corrected chi connectivity index (χ3v) is 4.59. The maximum absolute atomic E-state index is 12.3. The number of carbonyl (C=O) groups is 2. The van der Waals surface area contributed by atoms with Crippen LogP contribution in [-0.4, -0.2) is 56.1 Å². The molecule has 0 aromatic heterocycles. The largest absolute Gasteiger partial charge is 0.378 e. The lowest BCUT2D eigenvalue weighted by Gasteiger charge is -2.29. The average Bonchev–Trinajstić information content (AvgIpc) is 2.67. The monoisotopic (exact) mass is 361 g/mol. The minimum atomic E-state index is -0.158. The van der Waals surface area contributed by atoms with Gasteiger partial charge in [0.1, 0.15) is 0 Å². The van der Waals surface area contributed by atoms with Gasteiger partial charge in [-0.2, -0.15) is 0 Å². The van der Waals surface area contributed by atoms with E-state index < -0.39 is 0 Å². The molecule has 26 heavy (non-hydrogen) atoms. The van der Waals surface area contributed by atoms with Crippen LogP contribution in [0.3, 0.4) is 0 Å². The quantitative estimate of drug-likeness (QED) is 0.687. The van der Waals surface area contributed by atoms with Crippen LogP contribution in [0.1, 0.15) is 39.5 Å². The Bertz CT molecular complexity index is 568. The molecule has 1 aromatic rings. The van der Waals surface area contributed by atoms with Crippen LogP contribution < -0.4 is 10.2 Å². The molecule has 1 fully saturated rings. The van der Waals surface area contributed by atoms with Crippen molar-refractivity contribution in [2.24, 2.45) is 0 Å². The summed E-state index contributed by atoms with van der Waals surface area (Å²) in [4.78, 5) is 28.3. The van der Waals surface area contributed by atoms with Crippen LogP contribution in [0.25, 0.3) is 0 Å². The summed E-state index contributed by atoms with van der Waals surface area (Å²) < 4.78 is 5.36. The highest BCUT2D eigenvalue weighted by atomic mass is 16.5. The number of rotatable bonds is 9. The molecule has 0 radical (unpaired) electrons. The van der Waals surface area contributed by atoms with Gasteiger partial charge in [0.15, 0.2) is 0 Å². The Labute approximate surface area is 156 Å². The fourth-order valence-corrected chi connectivity index (χ4v) is 3.01. The molecule has 1 saturated heterocycles. The summed E-state index contributed by atoms with van der Waals surface area (Å²) in [5.41, 5.74) is 1.88. The van der Waals surface area contributed by atoms with Crippen molar-refractivity contribution in [2.75, 3.05) is 49.6 Å². The van der Waals surface area contributed by atoms with Crippen LogP contribution in [0.5, 0.6) is 0 Å². The molecule has 1 aliphatic heterocycles. The lowest BCUT2D eigenvalue weighted by atomic mass is 10.2. The van der Waals surface area contributed by atoms with E-state index in [0.717, 1.165) is 56.9 Å². The second kappa shape index (κ2) is 10.8. The molecule has 1 aromatic carbocycles. The zero-order valence-corrected chi connectivity index (χ0v) is 16.0. The molecule has 1 heterocycles. The van der Waals surface area contributed by atoms with E-state index >= 15 is 0 Å². The van der Waals surface area contributed by atoms with Crippen molar-refractivity contribution < 1.29 is 14.3 Å². The summed E-state index contributed by atoms with van der Waals surface area (Å²) >= 11 is 0. The number of nitrogens with one attached hydrogen (secondary N) is 1. The van der Waals surface area contributed by atoms with Gasteiger partial charge in [0, 0.05) is 37.4 Å². The Morgan fingerprint density at radius 1 is 1.12 bits per heavy atom. The topological polar surface area (TPSA) is 61.9 Å². The maximum Gasteiger partial charge on any atom is 0.243 e. The molecule has 0 unspecified atom stereocenters. The molecule has 0 bridgehead atoms. The number of morpholine rings is 1. The minimum absolute atomic E-state index is 0.0544. The Balaban J connectivity index is 1.83. The van der Waals surface area contributed by atoms with Crippen molar-refractivity contribution in [1.29, 1.82) is 0 Å². The SMILES string of the molecule is CCCCCC(=O)N(CC)CC(=O)Nc1ccc(N2CCOCC2)cc1.